The number of benzene rings is 1. The van der Waals surface area contributed by atoms with Crippen molar-refractivity contribution in [3.63, 3.8) is 0 Å². The topological polar surface area (TPSA) is 39.5 Å². The zero-order valence-corrected chi connectivity index (χ0v) is 12.7. The van der Waals surface area contributed by atoms with Crippen molar-refractivity contribution in [2.45, 2.75) is 6.42 Å². The van der Waals surface area contributed by atoms with Gasteiger partial charge in [-0.15, -0.1) is 0 Å². The average molecular weight is 285 g/mol. The smallest absolute Gasteiger partial charge is 0.0991 e. The van der Waals surface area contributed by atoms with Gasteiger partial charge < -0.3 is 14.5 Å². The minimum Gasteiger partial charge on any atom is -0.383 e. The number of nitriles is 1. The van der Waals surface area contributed by atoms with Gasteiger partial charge in [0.2, 0.25) is 0 Å². The lowest BCUT2D eigenvalue weighted by atomic mass is 9.89. The van der Waals surface area contributed by atoms with Crippen LogP contribution in [0.2, 0.25) is 0 Å². The Morgan fingerprint density at radius 3 is 2.67 bits per heavy atom. The second-order valence-corrected chi connectivity index (χ2v) is 6.17. The van der Waals surface area contributed by atoms with Gasteiger partial charge in [0, 0.05) is 39.0 Å². The summed E-state index contributed by atoms with van der Waals surface area (Å²) in [7, 11) is 1.77. The molecule has 112 valence electrons. The summed E-state index contributed by atoms with van der Waals surface area (Å²) in [6, 6.07) is 10.2. The number of likely N-dealkylation sites (tertiary alicyclic amines) is 1. The van der Waals surface area contributed by atoms with Crippen molar-refractivity contribution in [3.05, 3.63) is 29.8 Å². The van der Waals surface area contributed by atoms with Gasteiger partial charge in [-0.05, 0) is 49.1 Å². The van der Waals surface area contributed by atoms with Crippen LogP contribution in [0, 0.1) is 23.2 Å². The number of hydrogen-bond acceptors (Lipinski definition) is 4. The van der Waals surface area contributed by atoms with Gasteiger partial charge in [-0.2, -0.15) is 5.26 Å². The summed E-state index contributed by atoms with van der Waals surface area (Å²) in [4.78, 5) is 5.02. The van der Waals surface area contributed by atoms with Crippen molar-refractivity contribution in [1.29, 1.82) is 5.26 Å². The Hall–Kier alpha value is -1.57. The SMILES string of the molecule is COCCN1CC[C@@H]2CN(c3ccc(C#N)cc3)C[C@@H]2C1. The molecule has 21 heavy (non-hydrogen) atoms. The van der Waals surface area contributed by atoms with Crippen LogP contribution in [0.1, 0.15) is 12.0 Å². The quantitative estimate of drug-likeness (QED) is 0.848. The Bertz CT molecular complexity index is 508. The van der Waals surface area contributed by atoms with Crippen LogP contribution in [0.4, 0.5) is 5.69 Å². The molecule has 0 saturated carbocycles. The Morgan fingerprint density at radius 2 is 1.95 bits per heavy atom. The fraction of sp³-hybridized carbons (Fsp3) is 0.588. The van der Waals surface area contributed by atoms with Gasteiger partial charge in [-0.25, -0.2) is 0 Å². The Morgan fingerprint density at radius 1 is 1.19 bits per heavy atom. The molecule has 0 aromatic heterocycles. The van der Waals surface area contributed by atoms with E-state index in [1.54, 1.807) is 7.11 Å². The summed E-state index contributed by atoms with van der Waals surface area (Å²) >= 11 is 0. The molecule has 0 N–H and O–H groups in total. The van der Waals surface area contributed by atoms with Crippen LogP contribution in [-0.2, 0) is 4.74 Å². The molecule has 4 nitrogen and oxygen atoms in total. The summed E-state index contributed by atoms with van der Waals surface area (Å²) in [5.41, 5.74) is 1.99. The molecule has 0 unspecified atom stereocenters. The first-order chi connectivity index (χ1) is 10.3. The lowest BCUT2D eigenvalue weighted by Crippen LogP contribution is -2.41. The number of piperidine rings is 1. The van der Waals surface area contributed by atoms with Gasteiger partial charge in [0.15, 0.2) is 0 Å². The van der Waals surface area contributed by atoms with Crippen LogP contribution in [0.5, 0.6) is 0 Å². The minimum atomic E-state index is 0.737. The molecule has 2 heterocycles. The number of anilines is 1. The summed E-state index contributed by atoms with van der Waals surface area (Å²) in [6.45, 7) is 6.58. The maximum Gasteiger partial charge on any atom is 0.0991 e. The molecular weight excluding hydrogens is 262 g/mol. The van der Waals surface area contributed by atoms with E-state index in [4.69, 9.17) is 10.00 Å². The normalized spacial score (nSPS) is 25.6. The summed E-state index contributed by atoms with van der Waals surface area (Å²) in [6.07, 6.45) is 1.29. The Labute approximate surface area is 126 Å². The van der Waals surface area contributed by atoms with Crippen LogP contribution in [0.25, 0.3) is 0 Å². The third kappa shape index (κ3) is 3.20. The van der Waals surface area contributed by atoms with E-state index in [9.17, 15) is 0 Å². The maximum atomic E-state index is 8.88. The molecule has 2 aliphatic heterocycles. The highest BCUT2D eigenvalue weighted by atomic mass is 16.5. The molecule has 2 aliphatic rings. The second-order valence-electron chi connectivity index (χ2n) is 6.17. The van der Waals surface area contributed by atoms with E-state index in [2.05, 4.69) is 28.0 Å². The van der Waals surface area contributed by atoms with Crippen LogP contribution >= 0.6 is 0 Å². The van der Waals surface area contributed by atoms with Crippen molar-refractivity contribution in [3.8, 4) is 6.07 Å². The zero-order chi connectivity index (χ0) is 14.7. The van der Waals surface area contributed by atoms with E-state index < -0.39 is 0 Å². The van der Waals surface area contributed by atoms with Crippen LogP contribution in [0.15, 0.2) is 24.3 Å². The number of rotatable bonds is 4. The molecule has 0 bridgehead atoms. The van der Waals surface area contributed by atoms with Gasteiger partial charge in [0.1, 0.15) is 0 Å². The molecule has 0 radical (unpaired) electrons. The molecule has 2 saturated heterocycles. The molecular formula is C17H23N3O. The van der Waals surface area contributed by atoms with Crippen molar-refractivity contribution in [1.82, 2.24) is 4.90 Å². The van der Waals surface area contributed by atoms with Gasteiger partial charge in [-0.3, -0.25) is 0 Å². The highest BCUT2D eigenvalue weighted by molar-refractivity contribution is 5.50. The van der Waals surface area contributed by atoms with Gasteiger partial charge in [0.25, 0.3) is 0 Å². The minimum absolute atomic E-state index is 0.737. The Kier molecular flexibility index (Phi) is 4.42. The summed E-state index contributed by atoms with van der Waals surface area (Å²) in [5, 5.41) is 8.88. The maximum absolute atomic E-state index is 8.88. The first-order valence-corrected chi connectivity index (χ1v) is 7.76. The van der Waals surface area contributed by atoms with Gasteiger partial charge in [0.05, 0.1) is 18.2 Å². The fourth-order valence-corrected chi connectivity index (χ4v) is 3.63. The number of hydrogen-bond donors (Lipinski definition) is 0. The summed E-state index contributed by atoms with van der Waals surface area (Å²) < 4.78 is 5.19. The monoisotopic (exact) mass is 285 g/mol. The molecule has 3 rings (SSSR count). The molecule has 1 aromatic rings. The van der Waals surface area contributed by atoms with Crippen molar-refractivity contribution >= 4 is 5.69 Å². The van der Waals surface area contributed by atoms with E-state index in [1.807, 2.05) is 12.1 Å². The molecule has 0 aliphatic carbocycles. The molecule has 2 atom stereocenters. The van der Waals surface area contributed by atoms with Crippen LogP contribution < -0.4 is 4.90 Å². The molecule has 0 amide bonds. The third-order valence-electron chi connectivity index (χ3n) is 4.86. The van der Waals surface area contributed by atoms with E-state index >= 15 is 0 Å². The van der Waals surface area contributed by atoms with Crippen molar-refractivity contribution < 1.29 is 4.74 Å². The molecule has 0 spiro atoms. The average Bonchev–Trinajstić information content (AvgIpc) is 2.96. The van der Waals surface area contributed by atoms with E-state index in [-0.39, 0.29) is 0 Å². The Balaban J connectivity index is 1.60. The lowest BCUT2D eigenvalue weighted by Gasteiger charge is -2.33. The number of nitrogens with zero attached hydrogens (tertiary/aromatic N) is 3. The number of fused-ring (bicyclic) bond motifs is 1. The predicted molar refractivity (Wildman–Crippen MR) is 83.3 cm³/mol. The highest BCUT2D eigenvalue weighted by Crippen LogP contribution is 2.33. The lowest BCUT2D eigenvalue weighted by molar-refractivity contribution is 0.102. The predicted octanol–water partition coefficient (Wildman–Crippen LogP) is 1.96. The third-order valence-corrected chi connectivity index (χ3v) is 4.86. The van der Waals surface area contributed by atoms with Gasteiger partial charge >= 0.3 is 0 Å². The van der Waals surface area contributed by atoms with Crippen molar-refractivity contribution in [2.24, 2.45) is 11.8 Å². The highest BCUT2D eigenvalue weighted by Gasteiger charge is 2.36. The molecule has 1 aromatic carbocycles. The summed E-state index contributed by atoms with van der Waals surface area (Å²) in [5.74, 6) is 1.59. The second kappa shape index (κ2) is 6.46. The first-order valence-electron chi connectivity index (χ1n) is 7.76. The first kappa shape index (κ1) is 14.4. The molecule has 4 heteroatoms. The number of ether oxygens (including phenoxy) is 1. The zero-order valence-electron chi connectivity index (χ0n) is 12.7. The van der Waals surface area contributed by atoms with Crippen LogP contribution in [0.3, 0.4) is 0 Å². The van der Waals surface area contributed by atoms with E-state index in [0.717, 1.165) is 43.6 Å². The standard InChI is InChI=1S/C17H23N3O/c1-21-9-8-19-7-6-15-12-20(13-16(15)11-19)17-4-2-14(10-18)3-5-17/h2-5,15-16H,6-9,11-13H2,1H3/t15-,16+/m1/s1. The van der Waals surface area contributed by atoms with E-state index in [1.165, 1.54) is 25.2 Å². The van der Waals surface area contributed by atoms with Crippen molar-refractivity contribution in [2.75, 3.05) is 51.3 Å². The van der Waals surface area contributed by atoms with E-state index in [0.29, 0.717) is 0 Å². The largest absolute Gasteiger partial charge is 0.383 e. The van der Waals surface area contributed by atoms with Gasteiger partial charge in [-0.1, -0.05) is 0 Å². The fourth-order valence-electron chi connectivity index (χ4n) is 3.63. The molecule has 2 fully saturated rings. The van der Waals surface area contributed by atoms with Crippen LogP contribution in [-0.4, -0.2) is 51.3 Å². The number of methoxy groups -OCH3 is 1.